The van der Waals surface area contributed by atoms with Gasteiger partial charge in [-0.15, -0.1) is 0 Å². The maximum absolute atomic E-state index is 11.1. The second-order valence-corrected chi connectivity index (χ2v) is 5.96. The van der Waals surface area contributed by atoms with E-state index in [0.717, 1.165) is 0 Å². The van der Waals surface area contributed by atoms with E-state index < -0.39 is 38.9 Å². The molecular formula is C13H19B2ClN4O4. The standard InChI is InChI=1S/C13H19B2ClN4O4/c1-13(21)9(24-15-3)7(4-22-14-2)23-12(13)20-6-19-8-10(16)17-5-18-11(8)20/h5-7,9,12,14-15,21H,4H2,1-3H3/i14D,15D. The van der Waals surface area contributed by atoms with Crippen molar-refractivity contribution >= 4 is 37.7 Å². The summed E-state index contributed by atoms with van der Waals surface area (Å²) in [6.45, 7) is 4.73. The molecule has 0 saturated carbocycles. The number of hydrogen-bond acceptors (Lipinski definition) is 7. The lowest BCUT2D eigenvalue weighted by Crippen LogP contribution is -2.46. The minimum atomic E-state index is -1.50. The molecule has 0 spiro atoms. The van der Waals surface area contributed by atoms with Crippen LogP contribution in [0.2, 0.25) is 18.8 Å². The van der Waals surface area contributed by atoms with E-state index in [1.807, 2.05) is 0 Å². The van der Waals surface area contributed by atoms with Crippen LogP contribution in [0.25, 0.3) is 11.2 Å². The van der Waals surface area contributed by atoms with Crippen molar-refractivity contribution < 1.29 is 19.2 Å². The van der Waals surface area contributed by atoms with Crippen molar-refractivity contribution in [2.75, 3.05) is 6.61 Å². The number of rotatable bonds is 6. The van der Waals surface area contributed by atoms with Gasteiger partial charge in [-0.25, -0.2) is 15.0 Å². The van der Waals surface area contributed by atoms with Crippen molar-refractivity contribution in [3.63, 3.8) is 0 Å². The first-order valence-electron chi connectivity index (χ1n) is 8.69. The molecule has 0 aliphatic carbocycles. The third kappa shape index (κ3) is 2.93. The number of hydrogen-bond donors (Lipinski definition) is 1. The minimum absolute atomic E-state index is 0.0388. The molecule has 0 amide bonds. The van der Waals surface area contributed by atoms with Crippen LogP contribution < -0.4 is 0 Å². The highest BCUT2D eigenvalue weighted by molar-refractivity contribution is 6.33. The first-order valence-corrected chi connectivity index (χ1v) is 7.92. The van der Waals surface area contributed by atoms with Gasteiger partial charge in [-0.05, 0) is 6.92 Å². The average molecular weight is 354 g/mol. The molecule has 1 aliphatic heterocycles. The van der Waals surface area contributed by atoms with E-state index in [-0.39, 0.29) is 11.8 Å². The Balaban J connectivity index is 1.96. The van der Waals surface area contributed by atoms with Crippen LogP contribution in [-0.4, -0.2) is 66.6 Å². The number of nitrogens with zero attached hydrogens (tertiary/aromatic N) is 4. The van der Waals surface area contributed by atoms with Gasteiger partial charge in [0.1, 0.15) is 29.7 Å². The molecule has 1 saturated heterocycles. The molecule has 2 aromatic heterocycles. The molecule has 1 fully saturated rings. The highest BCUT2D eigenvalue weighted by atomic mass is 35.5. The quantitative estimate of drug-likeness (QED) is 0.590. The Labute approximate surface area is 148 Å². The molecule has 3 heterocycles. The van der Waals surface area contributed by atoms with Crippen LogP contribution in [0.1, 0.15) is 13.2 Å². The molecule has 3 rings (SSSR count). The van der Waals surface area contributed by atoms with Gasteiger partial charge in [-0.2, -0.15) is 0 Å². The molecule has 128 valence electrons. The Morgan fingerprint density at radius 1 is 1.46 bits per heavy atom. The van der Waals surface area contributed by atoms with Gasteiger partial charge in [0.2, 0.25) is 0 Å². The maximum atomic E-state index is 11.1. The largest absolute Gasteiger partial charge is 0.437 e. The van der Waals surface area contributed by atoms with Crippen molar-refractivity contribution in [3.8, 4) is 0 Å². The van der Waals surface area contributed by atoms with E-state index >= 15 is 0 Å². The van der Waals surface area contributed by atoms with Crippen LogP contribution in [0.15, 0.2) is 12.7 Å². The zero-order valence-corrected chi connectivity index (χ0v) is 14.3. The van der Waals surface area contributed by atoms with Gasteiger partial charge in [0.25, 0.3) is 14.9 Å². The molecule has 0 radical (unpaired) electrons. The number of fused-ring (bicyclic) bond motifs is 1. The summed E-state index contributed by atoms with van der Waals surface area (Å²) in [5, 5.41) is 11.3. The van der Waals surface area contributed by atoms with E-state index in [0.29, 0.717) is 11.2 Å². The fourth-order valence-electron chi connectivity index (χ4n) is 2.92. The summed E-state index contributed by atoms with van der Waals surface area (Å²) >= 11 is 6.04. The molecule has 11 heteroatoms. The van der Waals surface area contributed by atoms with Crippen molar-refractivity contribution in [2.24, 2.45) is 0 Å². The first-order chi connectivity index (χ1) is 12.2. The highest BCUT2D eigenvalue weighted by Crippen LogP contribution is 2.41. The van der Waals surface area contributed by atoms with Crippen LogP contribution in [-0.2, 0) is 14.0 Å². The second kappa shape index (κ2) is 6.97. The van der Waals surface area contributed by atoms with Crippen LogP contribution in [0.5, 0.6) is 0 Å². The molecule has 0 aromatic carbocycles. The highest BCUT2D eigenvalue weighted by Gasteiger charge is 2.54. The number of aromatic nitrogens is 4. The van der Waals surface area contributed by atoms with E-state index in [9.17, 15) is 5.11 Å². The molecule has 8 nitrogen and oxygen atoms in total. The summed E-state index contributed by atoms with van der Waals surface area (Å²) in [6.07, 6.45) is 0.354. The normalized spacial score (nSPS) is 31.1. The summed E-state index contributed by atoms with van der Waals surface area (Å²) in [6, 6.07) is 0. The molecule has 24 heavy (non-hydrogen) atoms. The van der Waals surface area contributed by atoms with E-state index in [1.54, 1.807) is 25.1 Å². The lowest BCUT2D eigenvalue weighted by atomic mass is 9.93. The van der Waals surface area contributed by atoms with Crippen molar-refractivity contribution in [3.05, 3.63) is 17.8 Å². The number of aliphatic hydroxyl groups is 1. The molecule has 2 aromatic rings. The average Bonchev–Trinajstić information content (AvgIpc) is 3.06. The van der Waals surface area contributed by atoms with Gasteiger partial charge in [0, 0.05) is 2.67 Å². The Hall–Kier alpha value is -1.19. The summed E-state index contributed by atoms with van der Waals surface area (Å²) < 4.78 is 33.7. The van der Waals surface area contributed by atoms with Gasteiger partial charge < -0.3 is 19.2 Å². The van der Waals surface area contributed by atoms with E-state index in [1.165, 1.54) is 12.7 Å². The first kappa shape index (κ1) is 15.1. The van der Waals surface area contributed by atoms with Gasteiger partial charge in [-0.3, -0.25) is 4.57 Å². The maximum Gasteiger partial charge on any atom is 0.272 e. The summed E-state index contributed by atoms with van der Waals surface area (Å²) in [7, 11) is -1.63. The second-order valence-electron chi connectivity index (χ2n) is 5.60. The van der Waals surface area contributed by atoms with Crippen molar-refractivity contribution in [1.82, 2.24) is 19.5 Å². The van der Waals surface area contributed by atoms with E-state index in [2.05, 4.69) is 15.0 Å². The Bertz CT molecular complexity index is 782. The topological polar surface area (TPSA) is 91.5 Å². The van der Waals surface area contributed by atoms with Crippen LogP contribution in [0, 0.1) is 0 Å². The Morgan fingerprint density at radius 3 is 2.96 bits per heavy atom. The lowest BCUT2D eigenvalue weighted by Gasteiger charge is -2.30. The lowest BCUT2D eigenvalue weighted by molar-refractivity contribution is -0.0918. The number of imidazole rings is 1. The van der Waals surface area contributed by atoms with Crippen LogP contribution in [0.3, 0.4) is 0 Å². The molecule has 4 unspecified atom stereocenters. The third-order valence-corrected chi connectivity index (χ3v) is 4.27. The molecule has 0 bridgehead atoms. The SMILES string of the molecule is [2H]B(C)OCC1OC(n2cnc3c(Cl)ncnc32)C(C)(O)C1OB([2H])C. The number of ether oxygens (including phenoxy) is 1. The van der Waals surface area contributed by atoms with Gasteiger partial charge in [0.15, 0.2) is 17.0 Å². The summed E-state index contributed by atoms with van der Waals surface area (Å²) in [5.41, 5.74) is -0.706. The summed E-state index contributed by atoms with van der Waals surface area (Å²) in [4.78, 5) is 12.2. The molecule has 4 atom stereocenters. The van der Waals surface area contributed by atoms with Gasteiger partial charge in [-0.1, -0.05) is 25.2 Å². The molecule has 1 N–H and O–H groups in total. The van der Waals surface area contributed by atoms with E-state index in [4.69, 9.17) is 28.3 Å². The predicted octanol–water partition coefficient (Wildman–Crippen LogP) is 0.329. The van der Waals surface area contributed by atoms with Crippen molar-refractivity contribution in [1.29, 1.82) is 2.67 Å². The Morgan fingerprint density at radius 2 is 2.25 bits per heavy atom. The number of halogens is 1. The predicted molar refractivity (Wildman–Crippen MR) is 91.7 cm³/mol. The van der Waals surface area contributed by atoms with Crippen molar-refractivity contribution in [2.45, 2.75) is 44.6 Å². The monoisotopic (exact) mass is 354 g/mol. The molecular weight excluding hydrogens is 333 g/mol. The zero-order valence-electron chi connectivity index (χ0n) is 15.6. The Kier molecular flexibility index (Phi) is 4.38. The zero-order chi connectivity index (χ0) is 19.1. The fraction of sp³-hybridized carbons (Fsp3) is 0.615. The van der Waals surface area contributed by atoms with Crippen LogP contribution >= 0.6 is 11.6 Å². The summed E-state index contributed by atoms with van der Waals surface area (Å²) in [5.74, 6) is 0. The van der Waals surface area contributed by atoms with Crippen LogP contribution in [0.4, 0.5) is 0 Å². The fourth-order valence-corrected chi connectivity index (χ4v) is 3.10. The van der Waals surface area contributed by atoms with Gasteiger partial charge in [0.05, 0.1) is 12.9 Å². The molecule has 1 aliphatic rings. The third-order valence-electron chi connectivity index (χ3n) is 3.99. The van der Waals surface area contributed by atoms with Gasteiger partial charge >= 0.3 is 0 Å². The smallest absolute Gasteiger partial charge is 0.272 e. The minimum Gasteiger partial charge on any atom is -0.437 e.